The van der Waals surface area contributed by atoms with Gasteiger partial charge >= 0.3 is 5.69 Å². The SMILES string of the molecule is Cc1cc(=O)n(C)c(=O)n1[C@@H](C)C[N+](C)(C)Cc1cccc([N+](=O)[O-])c1. The second-order valence-electron chi connectivity index (χ2n) is 7.39. The lowest BCUT2D eigenvalue weighted by atomic mass is 10.1. The minimum atomic E-state index is -0.403. The van der Waals surface area contributed by atoms with Crippen molar-refractivity contribution in [3.8, 4) is 0 Å². The second kappa shape index (κ2) is 7.25. The zero-order valence-electron chi connectivity index (χ0n) is 15.8. The van der Waals surface area contributed by atoms with Crippen LogP contribution in [-0.2, 0) is 13.6 Å². The highest BCUT2D eigenvalue weighted by Gasteiger charge is 2.24. The van der Waals surface area contributed by atoms with Crippen LogP contribution in [0.3, 0.4) is 0 Å². The predicted octanol–water partition coefficient (Wildman–Crippen LogP) is 1.60. The van der Waals surface area contributed by atoms with Gasteiger partial charge in [0.1, 0.15) is 6.54 Å². The van der Waals surface area contributed by atoms with Crippen LogP contribution in [0, 0.1) is 17.0 Å². The Morgan fingerprint density at radius 3 is 2.50 bits per heavy atom. The first kappa shape index (κ1) is 19.6. The maximum Gasteiger partial charge on any atom is 0.331 e. The Hall–Kier alpha value is -2.74. The number of nitro groups is 1. The first-order chi connectivity index (χ1) is 12.0. The fraction of sp³-hybridized carbons (Fsp3) is 0.444. The summed E-state index contributed by atoms with van der Waals surface area (Å²) in [4.78, 5) is 34.7. The summed E-state index contributed by atoms with van der Waals surface area (Å²) in [6.45, 7) is 4.90. The van der Waals surface area contributed by atoms with Crippen LogP contribution in [0.4, 0.5) is 5.69 Å². The third-order valence-corrected chi connectivity index (χ3v) is 4.47. The monoisotopic (exact) mass is 361 g/mol. The average Bonchev–Trinajstić information content (AvgIpc) is 2.51. The number of rotatable bonds is 6. The minimum Gasteiger partial charge on any atom is -0.323 e. The maximum atomic E-state index is 12.5. The summed E-state index contributed by atoms with van der Waals surface area (Å²) in [5.41, 5.74) is 0.904. The molecule has 0 saturated heterocycles. The van der Waals surface area contributed by atoms with Crippen molar-refractivity contribution in [1.29, 1.82) is 0 Å². The van der Waals surface area contributed by atoms with Crippen molar-refractivity contribution in [2.75, 3.05) is 20.6 Å². The molecule has 8 heteroatoms. The third kappa shape index (κ3) is 4.26. The van der Waals surface area contributed by atoms with Gasteiger partial charge in [-0.2, -0.15) is 0 Å². The first-order valence-corrected chi connectivity index (χ1v) is 8.36. The molecule has 0 fully saturated rings. The number of aromatic nitrogens is 2. The van der Waals surface area contributed by atoms with Gasteiger partial charge in [0.25, 0.3) is 11.2 Å². The number of nitrogens with zero attached hydrogens (tertiary/aromatic N) is 4. The van der Waals surface area contributed by atoms with E-state index >= 15 is 0 Å². The van der Waals surface area contributed by atoms with Gasteiger partial charge in [-0.15, -0.1) is 0 Å². The van der Waals surface area contributed by atoms with Gasteiger partial charge in [0.2, 0.25) is 0 Å². The van der Waals surface area contributed by atoms with Crippen LogP contribution in [-0.4, -0.2) is 39.2 Å². The van der Waals surface area contributed by atoms with E-state index in [4.69, 9.17) is 0 Å². The highest BCUT2D eigenvalue weighted by molar-refractivity contribution is 5.33. The summed E-state index contributed by atoms with van der Waals surface area (Å²) in [5, 5.41) is 11.0. The van der Waals surface area contributed by atoms with Crippen LogP contribution in [0.15, 0.2) is 39.9 Å². The van der Waals surface area contributed by atoms with Gasteiger partial charge in [0.15, 0.2) is 0 Å². The molecule has 0 bridgehead atoms. The molecule has 0 unspecified atom stereocenters. The Labute approximate surface area is 151 Å². The molecule has 8 nitrogen and oxygen atoms in total. The average molecular weight is 361 g/mol. The number of likely N-dealkylation sites (N-methyl/N-ethyl adjacent to an activating group) is 1. The van der Waals surface area contributed by atoms with E-state index in [2.05, 4.69) is 0 Å². The van der Waals surface area contributed by atoms with E-state index in [0.29, 0.717) is 23.3 Å². The molecule has 1 aromatic carbocycles. The van der Waals surface area contributed by atoms with Gasteiger partial charge in [0.05, 0.1) is 31.6 Å². The smallest absolute Gasteiger partial charge is 0.323 e. The molecule has 0 aliphatic heterocycles. The summed E-state index contributed by atoms with van der Waals surface area (Å²) < 4.78 is 3.26. The highest BCUT2D eigenvalue weighted by Crippen LogP contribution is 2.19. The molecule has 1 atom stereocenters. The number of hydrogen-bond acceptors (Lipinski definition) is 4. The molecular formula is C18H25N4O4+. The van der Waals surface area contributed by atoms with E-state index in [0.717, 1.165) is 10.1 Å². The zero-order valence-corrected chi connectivity index (χ0v) is 15.8. The van der Waals surface area contributed by atoms with E-state index in [-0.39, 0.29) is 23.0 Å². The maximum absolute atomic E-state index is 12.5. The standard InChI is InChI=1S/C18H25N4O4/c1-13-9-17(23)19(3)18(24)20(13)14(2)11-22(4,5)12-15-7-6-8-16(10-15)21(25)26/h6-10,14H,11-12H2,1-5H3/q+1/t14-/m0/s1. The Morgan fingerprint density at radius 2 is 1.88 bits per heavy atom. The lowest BCUT2D eigenvalue weighted by molar-refractivity contribution is -0.905. The first-order valence-electron chi connectivity index (χ1n) is 8.36. The van der Waals surface area contributed by atoms with Crippen molar-refractivity contribution in [3.63, 3.8) is 0 Å². The summed E-state index contributed by atoms with van der Waals surface area (Å²) in [7, 11) is 5.49. The number of hydrogen-bond donors (Lipinski definition) is 0. The Balaban J connectivity index is 2.25. The largest absolute Gasteiger partial charge is 0.331 e. The highest BCUT2D eigenvalue weighted by atomic mass is 16.6. The molecule has 0 amide bonds. The van der Waals surface area contributed by atoms with Crippen molar-refractivity contribution in [1.82, 2.24) is 9.13 Å². The summed E-state index contributed by atoms with van der Waals surface area (Å²) in [6, 6.07) is 7.91. The number of non-ortho nitro benzene ring substituents is 1. The molecule has 0 aliphatic carbocycles. The molecule has 1 aromatic heterocycles. The van der Waals surface area contributed by atoms with Gasteiger partial charge in [-0.3, -0.25) is 24.0 Å². The number of quaternary nitrogens is 1. The number of nitro benzene ring substituents is 1. The molecule has 0 spiro atoms. The van der Waals surface area contributed by atoms with Crippen molar-refractivity contribution in [3.05, 3.63) is 72.5 Å². The van der Waals surface area contributed by atoms with E-state index < -0.39 is 4.92 Å². The molecule has 0 aliphatic rings. The van der Waals surface area contributed by atoms with E-state index in [1.165, 1.54) is 19.2 Å². The molecular weight excluding hydrogens is 336 g/mol. The molecule has 140 valence electrons. The topological polar surface area (TPSA) is 87.1 Å². The Morgan fingerprint density at radius 1 is 1.23 bits per heavy atom. The van der Waals surface area contributed by atoms with Crippen LogP contribution in [0.1, 0.15) is 24.2 Å². The molecule has 2 rings (SSSR count). The van der Waals surface area contributed by atoms with Crippen LogP contribution < -0.4 is 11.2 Å². The van der Waals surface area contributed by atoms with E-state index in [1.54, 1.807) is 23.6 Å². The fourth-order valence-corrected chi connectivity index (χ4v) is 3.41. The number of benzene rings is 1. The molecule has 2 aromatic rings. The van der Waals surface area contributed by atoms with Gasteiger partial charge in [-0.05, 0) is 13.8 Å². The van der Waals surface area contributed by atoms with Gasteiger partial charge in [0, 0.05) is 36.5 Å². The van der Waals surface area contributed by atoms with Crippen molar-refractivity contribution >= 4 is 5.69 Å². The van der Waals surface area contributed by atoms with E-state index in [9.17, 15) is 19.7 Å². The van der Waals surface area contributed by atoms with Gasteiger partial charge in [-0.1, -0.05) is 12.1 Å². The van der Waals surface area contributed by atoms with Crippen LogP contribution >= 0.6 is 0 Å². The van der Waals surface area contributed by atoms with Crippen molar-refractivity contribution in [2.45, 2.75) is 26.4 Å². The van der Waals surface area contributed by atoms with Crippen molar-refractivity contribution in [2.24, 2.45) is 7.05 Å². The summed E-state index contributed by atoms with van der Waals surface area (Å²) in [6.07, 6.45) is 0. The molecule has 1 heterocycles. The summed E-state index contributed by atoms with van der Waals surface area (Å²) >= 11 is 0. The minimum absolute atomic E-state index is 0.0701. The fourth-order valence-electron chi connectivity index (χ4n) is 3.41. The lowest BCUT2D eigenvalue weighted by Crippen LogP contribution is -2.47. The number of aryl methyl sites for hydroxylation is 1. The van der Waals surface area contributed by atoms with Crippen LogP contribution in [0.5, 0.6) is 0 Å². The normalized spacial score (nSPS) is 12.8. The van der Waals surface area contributed by atoms with Gasteiger partial charge in [-0.25, -0.2) is 4.79 Å². The van der Waals surface area contributed by atoms with Crippen molar-refractivity contribution < 1.29 is 9.41 Å². The van der Waals surface area contributed by atoms with Crippen LogP contribution in [0.2, 0.25) is 0 Å². The second-order valence-corrected chi connectivity index (χ2v) is 7.39. The molecule has 26 heavy (non-hydrogen) atoms. The summed E-state index contributed by atoms with van der Waals surface area (Å²) in [5.74, 6) is 0. The molecule has 0 radical (unpaired) electrons. The van der Waals surface area contributed by atoms with E-state index in [1.807, 2.05) is 27.1 Å². The predicted molar refractivity (Wildman–Crippen MR) is 99.2 cm³/mol. The third-order valence-electron chi connectivity index (χ3n) is 4.47. The zero-order chi connectivity index (χ0) is 19.6. The lowest BCUT2D eigenvalue weighted by Gasteiger charge is -2.33. The Bertz CT molecular complexity index is 943. The quantitative estimate of drug-likeness (QED) is 0.444. The molecule has 0 saturated carbocycles. The van der Waals surface area contributed by atoms with Gasteiger partial charge < -0.3 is 4.48 Å². The van der Waals surface area contributed by atoms with Crippen LogP contribution in [0.25, 0.3) is 0 Å². The molecule has 0 N–H and O–H groups in total. The Kier molecular flexibility index (Phi) is 5.46.